The van der Waals surface area contributed by atoms with Crippen LogP contribution in [0.3, 0.4) is 0 Å². The Kier molecular flexibility index (Phi) is 8.24. The van der Waals surface area contributed by atoms with Gasteiger partial charge in [-0.05, 0) is 18.8 Å². The molecule has 0 rings (SSSR count). The second-order valence-electron chi connectivity index (χ2n) is 4.02. The standard InChI is InChI=1S/C11H22BrNO/c1-4-5-10(3)11(14)13-8-9(2)6-7-12/h9-10H,4-8H2,1-3H3,(H,13,14). The van der Waals surface area contributed by atoms with Crippen LogP contribution in [-0.4, -0.2) is 17.8 Å². The lowest BCUT2D eigenvalue weighted by molar-refractivity contribution is -0.124. The number of alkyl halides is 1. The summed E-state index contributed by atoms with van der Waals surface area (Å²) in [5.41, 5.74) is 0. The summed E-state index contributed by atoms with van der Waals surface area (Å²) in [5, 5.41) is 4.00. The topological polar surface area (TPSA) is 29.1 Å². The van der Waals surface area contributed by atoms with E-state index in [2.05, 4.69) is 35.1 Å². The molecule has 3 heteroatoms. The van der Waals surface area contributed by atoms with Crippen LogP contribution in [0.25, 0.3) is 0 Å². The van der Waals surface area contributed by atoms with Gasteiger partial charge in [0.2, 0.25) is 5.91 Å². The van der Waals surface area contributed by atoms with Crippen LogP contribution in [0.4, 0.5) is 0 Å². The van der Waals surface area contributed by atoms with Crippen LogP contribution in [0.5, 0.6) is 0 Å². The zero-order valence-corrected chi connectivity index (χ0v) is 11.1. The molecule has 2 nitrogen and oxygen atoms in total. The number of amides is 1. The summed E-state index contributed by atoms with van der Waals surface area (Å²) in [5.74, 6) is 0.927. The molecule has 0 spiro atoms. The summed E-state index contributed by atoms with van der Waals surface area (Å²) in [7, 11) is 0. The average Bonchev–Trinajstić information content (AvgIpc) is 2.15. The Morgan fingerprint density at radius 2 is 2.00 bits per heavy atom. The van der Waals surface area contributed by atoms with E-state index in [1.54, 1.807) is 0 Å². The van der Waals surface area contributed by atoms with E-state index in [-0.39, 0.29) is 11.8 Å². The van der Waals surface area contributed by atoms with Gasteiger partial charge in [0, 0.05) is 17.8 Å². The van der Waals surface area contributed by atoms with Crippen molar-refractivity contribution in [2.24, 2.45) is 11.8 Å². The van der Waals surface area contributed by atoms with Crippen molar-refractivity contribution in [3.63, 3.8) is 0 Å². The van der Waals surface area contributed by atoms with Crippen molar-refractivity contribution in [3.8, 4) is 0 Å². The maximum absolute atomic E-state index is 11.5. The largest absolute Gasteiger partial charge is 0.356 e. The fourth-order valence-corrected chi connectivity index (χ4v) is 2.08. The number of carbonyl (C=O) groups is 1. The molecule has 1 N–H and O–H groups in total. The molecule has 84 valence electrons. The van der Waals surface area contributed by atoms with Crippen molar-refractivity contribution < 1.29 is 4.79 Å². The van der Waals surface area contributed by atoms with Gasteiger partial charge >= 0.3 is 0 Å². The van der Waals surface area contributed by atoms with Crippen molar-refractivity contribution in [2.75, 3.05) is 11.9 Å². The van der Waals surface area contributed by atoms with E-state index in [0.29, 0.717) is 5.92 Å². The highest BCUT2D eigenvalue weighted by Gasteiger charge is 2.11. The molecule has 0 saturated heterocycles. The molecule has 0 bridgehead atoms. The van der Waals surface area contributed by atoms with E-state index in [0.717, 1.165) is 31.1 Å². The SMILES string of the molecule is CCCC(C)C(=O)NCC(C)CCBr. The van der Waals surface area contributed by atoms with Crippen LogP contribution in [0.2, 0.25) is 0 Å². The maximum atomic E-state index is 11.5. The Morgan fingerprint density at radius 3 is 2.50 bits per heavy atom. The molecule has 14 heavy (non-hydrogen) atoms. The van der Waals surface area contributed by atoms with Crippen molar-refractivity contribution >= 4 is 21.8 Å². The molecule has 0 aromatic carbocycles. The molecular formula is C11H22BrNO. The third kappa shape index (κ3) is 6.41. The number of nitrogens with one attached hydrogen (secondary N) is 1. The van der Waals surface area contributed by atoms with E-state index in [4.69, 9.17) is 0 Å². The Hall–Kier alpha value is -0.0500. The molecule has 0 fully saturated rings. The summed E-state index contributed by atoms with van der Waals surface area (Å²) >= 11 is 3.40. The molecule has 0 aliphatic carbocycles. The lowest BCUT2D eigenvalue weighted by Gasteiger charge is -2.14. The highest BCUT2D eigenvalue weighted by molar-refractivity contribution is 9.09. The molecule has 1 amide bonds. The van der Waals surface area contributed by atoms with Gasteiger partial charge in [-0.15, -0.1) is 0 Å². The lowest BCUT2D eigenvalue weighted by atomic mass is 10.0. The minimum atomic E-state index is 0.163. The fourth-order valence-electron chi connectivity index (χ4n) is 1.30. The molecule has 0 saturated carbocycles. The Balaban J connectivity index is 3.61. The second-order valence-corrected chi connectivity index (χ2v) is 4.81. The normalized spacial score (nSPS) is 14.9. The molecular weight excluding hydrogens is 242 g/mol. The van der Waals surface area contributed by atoms with Gasteiger partial charge in [-0.25, -0.2) is 0 Å². The summed E-state index contributed by atoms with van der Waals surface area (Å²) in [6, 6.07) is 0. The summed E-state index contributed by atoms with van der Waals surface area (Å²) in [6.07, 6.45) is 3.17. The number of carbonyl (C=O) groups excluding carboxylic acids is 1. The maximum Gasteiger partial charge on any atom is 0.222 e. The molecule has 0 heterocycles. The van der Waals surface area contributed by atoms with E-state index in [1.165, 1.54) is 0 Å². The van der Waals surface area contributed by atoms with Crippen LogP contribution in [0.15, 0.2) is 0 Å². The summed E-state index contributed by atoms with van der Waals surface area (Å²) in [4.78, 5) is 11.5. The molecule has 0 radical (unpaired) electrons. The quantitative estimate of drug-likeness (QED) is 0.704. The van der Waals surface area contributed by atoms with Crippen molar-refractivity contribution in [2.45, 2.75) is 40.0 Å². The second kappa shape index (κ2) is 8.27. The molecule has 0 aliphatic heterocycles. The van der Waals surface area contributed by atoms with Gasteiger partial charge in [0.05, 0.1) is 0 Å². The van der Waals surface area contributed by atoms with Crippen LogP contribution in [0.1, 0.15) is 40.0 Å². The number of halogens is 1. The van der Waals surface area contributed by atoms with Crippen molar-refractivity contribution in [1.82, 2.24) is 5.32 Å². The van der Waals surface area contributed by atoms with E-state index < -0.39 is 0 Å². The van der Waals surface area contributed by atoms with Crippen LogP contribution < -0.4 is 5.32 Å². The average molecular weight is 264 g/mol. The first-order valence-corrected chi connectivity index (χ1v) is 6.57. The fraction of sp³-hybridized carbons (Fsp3) is 0.909. The smallest absolute Gasteiger partial charge is 0.222 e. The first-order chi connectivity index (χ1) is 6.61. The van der Waals surface area contributed by atoms with E-state index in [9.17, 15) is 4.79 Å². The third-order valence-corrected chi connectivity index (χ3v) is 2.85. The molecule has 0 aromatic heterocycles. The van der Waals surface area contributed by atoms with Crippen molar-refractivity contribution in [1.29, 1.82) is 0 Å². The number of hydrogen-bond donors (Lipinski definition) is 1. The molecule has 0 aromatic rings. The van der Waals surface area contributed by atoms with Gasteiger partial charge in [-0.2, -0.15) is 0 Å². The highest BCUT2D eigenvalue weighted by Crippen LogP contribution is 2.06. The van der Waals surface area contributed by atoms with Gasteiger partial charge in [-0.1, -0.05) is 43.1 Å². The number of hydrogen-bond acceptors (Lipinski definition) is 1. The number of rotatable bonds is 7. The monoisotopic (exact) mass is 263 g/mol. The minimum absolute atomic E-state index is 0.163. The van der Waals surface area contributed by atoms with Crippen LogP contribution in [-0.2, 0) is 4.79 Å². The molecule has 0 aliphatic rings. The highest BCUT2D eigenvalue weighted by atomic mass is 79.9. The first kappa shape index (κ1) is 13.9. The molecule has 2 unspecified atom stereocenters. The lowest BCUT2D eigenvalue weighted by Crippen LogP contribution is -2.32. The summed E-state index contributed by atoms with van der Waals surface area (Å²) in [6.45, 7) is 7.07. The van der Waals surface area contributed by atoms with Gasteiger partial charge in [0.1, 0.15) is 0 Å². The Bertz CT molecular complexity index is 161. The Labute approximate surface area is 96.0 Å². The Morgan fingerprint density at radius 1 is 1.36 bits per heavy atom. The van der Waals surface area contributed by atoms with E-state index in [1.807, 2.05) is 6.92 Å². The zero-order valence-electron chi connectivity index (χ0n) is 9.48. The van der Waals surface area contributed by atoms with Crippen molar-refractivity contribution in [3.05, 3.63) is 0 Å². The van der Waals surface area contributed by atoms with Crippen LogP contribution >= 0.6 is 15.9 Å². The van der Waals surface area contributed by atoms with Crippen LogP contribution in [0, 0.1) is 11.8 Å². The zero-order chi connectivity index (χ0) is 11.0. The predicted octanol–water partition coefficient (Wildman–Crippen LogP) is 2.96. The minimum Gasteiger partial charge on any atom is -0.356 e. The van der Waals surface area contributed by atoms with Gasteiger partial charge < -0.3 is 5.32 Å². The van der Waals surface area contributed by atoms with Gasteiger partial charge in [-0.3, -0.25) is 4.79 Å². The predicted molar refractivity (Wildman–Crippen MR) is 64.7 cm³/mol. The van der Waals surface area contributed by atoms with Gasteiger partial charge in [0.25, 0.3) is 0 Å². The third-order valence-electron chi connectivity index (χ3n) is 2.40. The summed E-state index contributed by atoms with van der Waals surface area (Å²) < 4.78 is 0. The van der Waals surface area contributed by atoms with E-state index >= 15 is 0 Å². The first-order valence-electron chi connectivity index (χ1n) is 5.45. The van der Waals surface area contributed by atoms with Gasteiger partial charge in [0.15, 0.2) is 0 Å². The molecule has 2 atom stereocenters.